The molecule has 0 amide bonds. The van der Waals surface area contributed by atoms with E-state index in [4.69, 9.17) is 4.74 Å². The predicted molar refractivity (Wildman–Crippen MR) is 142 cm³/mol. The van der Waals surface area contributed by atoms with Crippen LogP contribution in [-0.4, -0.2) is 40.3 Å². The van der Waals surface area contributed by atoms with Gasteiger partial charge in [-0.15, -0.1) is 0 Å². The fourth-order valence-corrected chi connectivity index (χ4v) is 4.27. The lowest BCUT2D eigenvalue weighted by atomic mass is 10.0. The average Bonchev–Trinajstić information content (AvgIpc) is 3.05. The molecule has 1 heterocycles. The lowest BCUT2D eigenvalue weighted by molar-refractivity contribution is 0.144. The van der Waals surface area contributed by atoms with Crippen molar-refractivity contribution in [3.8, 4) is 22.8 Å². The maximum Gasteiger partial charge on any atom is 0.119 e. The first-order valence-electron chi connectivity index (χ1n) is 12.0. The molecule has 0 unspecified atom stereocenters. The molecule has 1 aromatic heterocycles. The molecule has 1 N–H and O–H groups in total. The second kappa shape index (κ2) is 9.55. The third-order valence-corrected chi connectivity index (χ3v) is 6.73. The van der Waals surface area contributed by atoms with Gasteiger partial charge in [0.25, 0.3) is 0 Å². The number of aromatic nitrogens is 1. The Morgan fingerprint density at radius 1 is 0.912 bits per heavy atom. The molecule has 0 atom stereocenters. The van der Waals surface area contributed by atoms with Crippen LogP contribution in [0.15, 0.2) is 66.7 Å². The third-order valence-electron chi connectivity index (χ3n) is 6.73. The monoisotopic (exact) mass is 456 g/mol. The molecule has 0 saturated heterocycles. The summed E-state index contributed by atoms with van der Waals surface area (Å²) in [5.41, 5.74) is 7.25. The van der Waals surface area contributed by atoms with Crippen LogP contribution in [0.3, 0.4) is 0 Å². The van der Waals surface area contributed by atoms with Crippen LogP contribution in [-0.2, 0) is 6.54 Å². The van der Waals surface area contributed by atoms with Crippen molar-refractivity contribution in [2.75, 3.05) is 20.2 Å². The molecule has 4 nitrogen and oxygen atoms in total. The molecule has 0 fully saturated rings. The van der Waals surface area contributed by atoms with Crippen LogP contribution >= 0.6 is 0 Å². The number of benzene rings is 3. The zero-order chi connectivity index (χ0) is 24.5. The molecule has 4 rings (SSSR count). The van der Waals surface area contributed by atoms with Gasteiger partial charge in [0.15, 0.2) is 0 Å². The van der Waals surface area contributed by atoms with Gasteiger partial charge in [-0.1, -0.05) is 42.0 Å². The predicted octanol–water partition coefficient (Wildman–Crippen LogP) is 6.79. The molecule has 0 spiro atoms. The summed E-state index contributed by atoms with van der Waals surface area (Å²) >= 11 is 0. The molecular formula is C30H36N2O2. The SMILES string of the molecule is Cc1ccc(-c2c(C)c3cc(O)ccc3n2Cc2ccc(OCCN(C)C(C)(C)C)cc2)cc1. The molecular weight excluding hydrogens is 420 g/mol. The van der Waals surface area contributed by atoms with E-state index >= 15 is 0 Å². The van der Waals surface area contributed by atoms with E-state index in [1.165, 1.54) is 27.9 Å². The number of rotatable bonds is 7. The van der Waals surface area contributed by atoms with Crippen molar-refractivity contribution in [2.45, 2.75) is 46.7 Å². The fraction of sp³-hybridized carbons (Fsp3) is 0.333. The first kappa shape index (κ1) is 23.9. The average molecular weight is 457 g/mol. The van der Waals surface area contributed by atoms with Gasteiger partial charge in [0, 0.05) is 29.5 Å². The van der Waals surface area contributed by atoms with Crippen LogP contribution < -0.4 is 4.74 Å². The molecule has 0 bridgehead atoms. The number of hydrogen-bond donors (Lipinski definition) is 1. The van der Waals surface area contributed by atoms with Crippen molar-refractivity contribution in [3.63, 3.8) is 0 Å². The topological polar surface area (TPSA) is 37.6 Å². The van der Waals surface area contributed by atoms with Gasteiger partial charge in [-0.3, -0.25) is 4.90 Å². The maximum absolute atomic E-state index is 10.1. The summed E-state index contributed by atoms with van der Waals surface area (Å²) in [5.74, 6) is 1.19. The van der Waals surface area contributed by atoms with Gasteiger partial charge < -0.3 is 14.4 Å². The van der Waals surface area contributed by atoms with Gasteiger partial charge in [-0.2, -0.15) is 0 Å². The Bertz CT molecular complexity index is 1260. The molecule has 0 aliphatic carbocycles. The highest BCUT2D eigenvalue weighted by Crippen LogP contribution is 2.36. The highest BCUT2D eigenvalue weighted by molar-refractivity contribution is 5.92. The maximum atomic E-state index is 10.1. The normalized spacial score (nSPS) is 12.0. The van der Waals surface area contributed by atoms with Crippen molar-refractivity contribution in [3.05, 3.63) is 83.4 Å². The van der Waals surface area contributed by atoms with Crippen molar-refractivity contribution < 1.29 is 9.84 Å². The number of aryl methyl sites for hydroxylation is 2. The lowest BCUT2D eigenvalue weighted by Crippen LogP contribution is -2.40. The van der Waals surface area contributed by atoms with E-state index in [9.17, 15) is 5.11 Å². The third kappa shape index (κ3) is 5.13. The fourth-order valence-electron chi connectivity index (χ4n) is 4.27. The van der Waals surface area contributed by atoms with Gasteiger partial charge in [0.1, 0.15) is 18.1 Å². The van der Waals surface area contributed by atoms with Crippen LogP contribution in [0.25, 0.3) is 22.2 Å². The van der Waals surface area contributed by atoms with Gasteiger partial charge in [0.05, 0.1) is 5.69 Å². The summed E-state index contributed by atoms with van der Waals surface area (Å²) in [4.78, 5) is 2.30. The quantitative estimate of drug-likeness (QED) is 0.333. The van der Waals surface area contributed by atoms with Crippen molar-refractivity contribution in [1.82, 2.24) is 9.47 Å². The van der Waals surface area contributed by atoms with Crippen LogP contribution in [0.2, 0.25) is 0 Å². The van der Waals surface area contributed by atoms with E-state index in [1.54, 1.807) is 6.07 Å². The standard InChI is InChI=1S/C30H36N2O2/c1-21-7-11-24(12-8-21)29-22(2)27-19-25(33)13-16-28(27)32(29)20-23-9-14-26(15-10-23)34-18-17-31(6)30(3,4)5/h7-16,19,33H,17-18,20H2,1-6H3. The smallest absolute Gasteiger partial charge is 0.119 e. The summed E-state index contributed by atoms with van der Waals surface area (Å²) in [6.45, 7) is 13.2. The molecule has 0 aliphatic rings. The Labute approximate surface area is 203 Å². The van der Waals surface area contributed by atoms with Crippen molar-refractivity contribution in [1.29, 1.82) is 0 Å². The second-order valence-corrected chi connectivity index (χ2v) is 10.2. The van der Waals surface area contributed by atoms with Gasteiger partial charge >= 0.3 is 0 Å². The number of likely N-dealkylation sites (N-methyl/N-ethyl adjacent to an activating group) is 1. The van der Waals surface area contributed by atoms with E-state index in [0.717, 1.165) is 29.7 Å². The largest absolute Gasteiger partial charge is 0.508 e. The van der Waals surface area contributed by atoms with E-state index in [1.807, 2.05) is 12.1 Å². The molecule has 34 heavy (non-hydrogen) atoms. The first-order valence-corrected chi connectivity index (χ1v) is 12.0. The minimum absolute atomic E-state index is 0.136. The first-order chi connectivity index (χ1) is 16.1. The van der Waals surface area contributed by atoms with E-state index in [0.29, 0.717) is 12.4 Å². The van der Waals surface area contributed by atoms with Gasteiger partial charge in [0.2, 0.25) is 0 Å². The van der Waals surface area contributed by atoms with E-state index < -0.39 is 0 Å². The number of phenolic OH excluding ortho intramolecular Hbond substituents is 1. The summed E-state index contributed by atoms with van der Waals surface area (Å²) in [6, 6.07) is 22.7. The van der Waals surface area contributed by atoms with E-state index in [-0.39, 0.29) is 5.54 Å². The molecule has 0 saturated carbocycles. The molecule has 178 valence electrons. The van der Waals surface area contributed by atoms with Crippen molar-refractivity contribution in [2.24, 2.45) is 0 Å². The lowest BCUT2D eigenvalue weighted by Gasteiger charge is -2.31. The zero-order valence-electron chi connectivity index (χ0n) is 21.2. The minimum Gasteiger partial charge on any atom is -0.508 e. The molecule has 3 aromatic carbocycles. The van der Waals surface area contributed by atoms with Gasteiger partial charge in [-0.05, 0) is 88.7 Å². The van der Waals surface area contributed by atoms with Crippen molar-refractivity contribution >= 4 is 10.9 Å². The molecule has 0 radical (unpaired) electrons. The highest BCUT2D eigenvalue weighted by Gasteiger charge is 2.18. The van der Waals surface area contributed by atoms with Crippen LogP contribution in [0.1, 0.15) is 37.5 Å². The minimum atomic E-state index is 0.136. The Balaban J connectivity index is 1.59. The summed E-state index contributed by atoms with van der Waals surface area (Å²) < 4.78 is 8.34. The Hall–Kier alpha value is -3.24. The number of fused-ring (bicyclic) bond motifs is 1. The van der Waals surface area contributed by atoms with Crippen LogP contribution in [0, 0.1) is 13.8 Å². The summed E-state index contributed by atoms with van der Waals surface area (Å²) in [5, 5.41) is 11.2. The summed E-state index contributed by atoms with van der Waals surface area (Å²) in [6.07, 6.45) is 0. The molecule has 0 aliphatic heterocycles. The van der Waals surface area contributed by atoms with E-state index in [2.05, 4.69) is 99.7 Å². The zero-order valence-corrected chi connectivity index (χ0v) is 21.2. The molecule has 4 heteroatoms. The Morgan fingerprint density at radius 2 is 1.59 bits per heavy atom. The highest BCUT2D eigenvalue weighted by atomic mass is 16.5. The van der Waals surface area contributed by atoms with Crippen LogP contribution in [0.5, 0.6) is 11.5 Å². The Kier molecular flexibility index (Phi) is 6.72. The number of hydrogen-bond acceptors (Lipinski definition) is 3. The Morgan fingerprint density at radius 3 is 2.24 bits per heavy atom. The number of nitrogens with zero attached hydrogens (tertiary/aromatic N) is 2. The number of phenols is 1. The van der Waals surface area contributed by atoms with Gasteiger partial charge in [-0.25, -0.2) is 0 Å². The molecule has 4 aromatic rings. The second-order valence-electron chi connectivity index (χ2n) is 10.2. The number of aromatic hydroxyl groups is 1. The number of ether oxygens (including phenoxy) is 1. The summed E-state index contributed by atoms with van der Waals surface area (Å²) in [7, 11) is 2.13. The van der Waals surface area contributed by atoms with Crippen LogP contribution in [0.4, 0.5) is 0 Å².